The molecule has 0 aromatic heterocycles. The minimum atomic E-state index is -0.664. The van der Waals surface area contributed by atoms with Crippen LogP contribution in [0, 0.1) is 5.92 Å². The Labute approximate surface area is 143 Å². The van der Waals surface area contributed by atoms with Gasteiger partial charge >= 0.3 is 5.97 Å². The molecule has 0 bridgehead atoms. The third-order valence-corrected chi connectivity index (χ3v) is 5.17. The van der Waals surface area contributed by atoms with Crippen LogP contribution in [-0.4, -0.2) is 29.6 Å². The zero-order valence-corrected chi connectivity index (χ0v) is 14.3. The predicted octanol–water partition coefficient (Wildman–Crippen LogP) is 3.43. The number of carboxylic acids is 1. The molecule has 1 saturated carbocycles. The van der Waals surface area contributed by atoms with E-state index in [1.165, 1.54) is 5.56 Å². The molecule has 24 heavy (non-hydrogen) atoms. The summed E-state index contributed by atoms with van der Waals surface area (Å²) in [5, 5.41) is 12.6. The van der Waals surface area contributed by atoms with Crippen LogP contribution in [0.1, 0.15) is 51.0 Å². The van der Waals surface area contributed by atoms with Gasteiger partial charge in [-0.2, -0.15) is 0 Å². The highest BCUT2D eigenvalue weighted by Gasteiger charge is 2.27. The van der Waals surface area contributed by atoms with Crippen LogP contribution in [0.2, 0.25) is 0 Å². The first-order chi connectivity index (χ1) is 11.6. The molecule has 0 spiro atoms. The van der Waals surface area contributed by atoms with Crippen LogP contribution in [0.3, 0.4) is 0 Å². The molecule has 0 radical (unpaired) electrons. The first kappa shape index (κ1) is 16.8. The number of carboxylic acid groups (broad SMARTS) is 1. The molecule has 130 valence electrons. The number of hydrogen-bond acceptors (Lipinski definition) is 3. The van der Waals surface area contributed by atoms with Crippen molar-refractivity contribution in [2.45, 2.75) is 57.9 Å². The lowest BCUT2D eigenvalue weighted by atomic mass is 9.86. The van der Waals surface area contributed by atoms with Crippen molar-refractivity contribution in [3.63, 3.8) is 0 Å². The van der Waals surface area contributed by atoms with Crippen molar-refractivity contribution in [1.82, 2.24) is 0 Å². The molecule has 1 aliphatic carbocycles. The number of anilines is 2. The molecule has 2 N–H and O–H groups in total. The van der Waals surface area contributed by atoms with E-state index in [4.69, 9.17) is 5.11 Å². The van der Waals surface area contributed by atoms with E-state index >= 15 is 0 Å². The fourth-order valence-corrected chi connectivity index (χ4v) is 3.84. The molecule has 1 aliphatic heterocycles. The van der Waals surface area contributed by atoms with Gasteiger partial charge in [-0.25, -0.2) is 0 Å². The average Bonchev–Trinajstić information content (AvgIpc) is 2.58. The summed E-state index contributed by atoms with van der Waals surface area (Å²) in [7, 11) is 0. The first-order valence-corrected chi connectivity index (χ1v) is 9.01. The number of aliphatic carboxylic acids is 1. The number of carbonyl (C=O) groups is 2. The van der Waals surface area contributed by atoms with Crippen LogP contribution >= 0.6 is 0 Å². The van der Waals surface area contributed by atoms with E-state index in [2.05, 4.69) is 18.3 Å². The monoisotopic (exact) mass is 330 g/mol. The Kier molecular flexibility index (Phi) is 5.07. The Morgan fingerprint density at radius 1 is 1.25 bits per heavy atom. The Morgan fingerprint density at radius 2 is 2.00 bits per heavy atom. The van der Waals surface area contributed by atoms with Crippen molar-refractivity contribution in [2.24, 2.45) is 5.92 Å². The quantitative estimate of drug-likeness (QED) is 0.868. The van der Waals surface area contributed by atoms with Crippen LogP contribution in [0.15, 0.2) is 18.2 Å². The molecular formula is C19H26N2O3. The number of aryl methyl sites for hydroxylation is 1. The van der Waals surface area contributed by atoms with Crippen molar-refractivity contribution in [1.29, 1.82) is 0 Å². The molecule has 1 fully saturated rings. The second-order valence-electron chi connectivity index (χ2n) is 6.92. The standard InChI is InChI=1S/C19H26N2O3/c1-2-11-21-17-9-8-16(12-14(17)5-10-18(21)22)20-15-6-3-13(4-7-15)19(23)24/h8-9,12-13,15,20H,2-7,10-11H2,1H3,(H,23,24). The predicted molar refractivity (Wildman–Crippen MR) is 94.4 cm³/mol. The molecule has 1 aromatic carbocycles. The van der Waals surface area contributed by atoms with Gasteiger partial charge in [-0.1, -0.05) is 6.92 Å². The average molecular weight is 330 g/mol. The van der Waals surface area contributed by atoms with E-state index in [0.717, 1.165) is 56.4 Å². The molecular weight excluding hydrogens is 304 g/mol. The largest absolute Gasteiger partial charge is 0.481 e. The molecule has 0 unspecified atom stereocenters. The van der Waals surface area contributed by atoms with E-state index in [9.17, 15) is 9.59 Å². The highest BCUT2D eigenvalue weighted by atomic mass is 16.4. The highest BCUT2D eigenvalue weighted by Crippen LogP contribution is 2.32. The van der Waals surface area contributed by atoms with E-state index in [0.29, 0.717) is 12.5 Å². The zero-order valence-electron chi connectivity index (χ0n) is 14.3. The van der Waals surface area contributed by atoms with E-state index in [1.54, 1.807) is 0 Å². The zero-order chi connectivity index (χ0) is 17.1. The number of nitrogens with zero attached hydrogens (tertiary/aromatic N) is 1. The molecule has 5 nitrogen and oxygen atoms in total. The number of hydrogen-bond donors (Lipinski definition) is 2. The summed E-state index contributed by atoms with van der Waals surface area (Å²) in [5.74, 6) is -0.625. The summed E-state index contributed by atoms with van der Waals surface area (Å²) in [5.41, 5.74) is 3.36. The van der Waals surface area contributed by atoms with Crippen LogP contribution in [0.5, 0.6) is 0 Å². The third-order valence-electron chi connectivity index (χ3n) is 5.17. The maximum atomic E-state index is 12.1. The molecule has 1 aromatic rings. The van der Waals surface area contributed by atoms with Gasteiger partial charge in [0.25, 0.3) is 0 Å². The van der Waals surface area contributed by atoms with Gasteiger partial charge in [0, 0.05) is 30.4 Å². The van der Waals surface area contributed by atoms with Gasteiger partial charge < -0.3 is 15.3 Å². The first-order valence-electron chi connectivity index (χ1n) is 9.01. The summed E-state index contributed by atoms with van der Waals surface area (Å²) in [6.07, 6.45) is 5.63. The van der Waals surface area contributed by atoms with Crippen molar-refractivity contribution >= 4 is 23.3 Å². The van der Waals surface area contributed by atoms with Crippen LogP contribution < -0.4 is 10.2 Å². The number of fused-ring (bicyclic) bond motifs is 1. The van der Waals surface area contributed by atoms with Crippen molar-refractivity contribution in [3.05, 3.63) is 23.8 Å². The maximum Gasteiger partial charge on any atom is 0.306 e. The van der Waals surface area contributed by atoms with Crippen LogP contribution in [0.4, 0.5) is 11.4 Å². The molecule has 5 heteroatoms. The van der Waals surface area contributed by atoms with Crippen LogP contribution in [-0.2, 0) is 16.0 Å². The van der Waals surface area contributed by atoms with E-state index < -0.39 is 5.97 Å². The lowest BCUT2D eigenvalue weighted by Gasteiger charge is -2.31. The Morgan fingerprint density at radius 3 is 2.67 bits per heavy atom. The minimum Gasteiger partial charge on any atom is -0.481 e. The fraction of sp³-hybridized carbons (Fsp3) is 0.579. The molecule has 1 heterocycles. The topological polar surface area (TPSA) is 69.6 Å². The molecule has 0 atom stereocenters. The van der Waals surface area contributed by atoms with Gasteiger partial charge in [-0.3, -0.25) is 9.59 Å². The maximum absolute atomic E-state index is 12.1. The smallest absolute Gasteiger partial charge is 0.306 e. The molecule has 1 amide bonds. The number of nitrogens with one attached hydrogen (secondary N) is 1. The van der Waals surface area contributed by atoms with Crippen LogP contribution in [0.25, 0.3) is 0 Å². The molecule has 0 saturated heterocycles. The number of amides is 1. The highest BCUT2D eigenvalue weighted by molar-refractivity contribution is 5.96. The van der Waals surface area contributed by atoms with Gasteiger partial charge in [-0.05, 0) is 62.3 Å². The summed E-state index contributed by atoms with van der Waals surface area (Å²) in [6.45, 7) is 2.86. The van der Waals surface area contributed by atoms with Gasteiger partial charge in [0.15, 0.2) is 0 Å². The number of rotatable bonds is 5. The second-order valence-corrected chi connectivity index (χ2v) is 6.92. The lowest BCUT2D eigenvalue weighted by molar-refractivity contribution is -0.142. The lowest BCUT2D eigenvalue weighted by Crippen LogP contribution is -2.35. The van der Waals surface area contributed by atoms with Crippen molar-refractivity contribution < 1.29 is 14.7 Å². The summed E-state index contributed by atoms with van der Waals surface area (Å²) >= 11 is 0. The summed E-state index contributed by atoms with van der Waals surface area (Å²) < 4.78 is 0. The number of benzene rings is 1. The number of carbonyl (C=O) groups excluding carboxylic acids is 1. The normalized spacial score (nSPS) is 23.7. The minimum absolute atomic E-state index is 0.180. The fourth-order valence-electron chi connectivity index (χ4n) is 3.84. The Bertz CT molecular complexity index is 621. The summed E-state index contributed by atoms with van der Waals surface area (Å²) in [6, 6.07) is 6.60. The van der Waals surface area contributed by atoms with Gasteiger partial charge in [0.2, 0.25) is 5.91 Å². The van der Waals surface area contributed by atoms with E-state index in [1.807, 2.05) is 17.0 Å². The Hall–Kier alpha value is -2.04. The van der Waals surface area contributed by atoms with E-state index in [-0.39, 0.29) is 11.8 Å². The van der Waals surface area contributed by atoms with Gasteiger partial charge in [0.05, 0.1) is 5.92 Å². The SMILES string of the molecule is CCCN1C(=O)CCc2cc(NC3CCC(C(=O)O)CC3)ccc21. The Balaban J connectivity index is 1.66. The van der Waals surface area contributed by atoms with Crippen molar-refractivity contribution in [3.8, 4) is 0 Å². The van der Waals surface area contributed by atoms with Gasteiger partial charge in [-0.15, -0.1) is 0 Å². The summed E-state index contributed by atoms with van der Waals surface area (Å²) in [4.78, 5) is 25.0. The van der Waals surface area contributed by atoms with Gasteiger partial charge in [0.1, 0.15) is 0 Å². The van der Waals surface area contributed by atoms with Crippen molar-refractivity contribution in [2.75, 3.05) is 16.8 Å². The molecule has 2 aliphatic rings. The third kappa shape index (κ3) is 3.55. The molecule has 3 rings (SSSR count). The second kappa shape index (κ2) is 7.24.